The number of rotatable bonds is 5. The molecule has 6 nitrogen and oxygen atoms in total. The lowest BCUT2D eigenvalue weighted by atomic mass is 10.1. The van der Waals surface area contributed by atoms with Gasteiger partial charge in [-0.3, -0.25) is 9.89 Å². The van der Waals surface area contributed by atoms with Gasteiger partial charge in [-0.2, -0.15) is 5.10 Å². The van der Waals surface area contributed by atoms with E-state index in [1.165, 1.54) is 11.8 Å². The highest BCUT2D eigenvalue weighted by Gasteiger charge is 2.09. The standard InChI is InChI=1S/C18H14N4O2S/c23-17(11-25-18-21-15-3-1-2-4-16(15)24-18)20-13-7-5-12(6-8-13)14-9-10-19-22-14/h1-10H,11H2,(H,19,22)(H,20,23). The molecule has 2 aromatic heterocycles. The number of carbonyl (C=O) groups excluding carboxylic acids is 1. The molecule has 2 heterocycles. The number of hydrogen-bond donors (Lipinski definition) is 2. The van der Waals surface area contributed by atoms with Crippen LogP contribution in [0.2, 0.25) is 0 Å². The summed E-state index contributed by atoms with van der Waals surface area (Å²) >= 11 is 1.27. The third-order valence-electron chi connectivity index (χ3n) is 3.58. The molecule has 124 valence electrons. The maximum atomic E-state index is 12.1. The summed E-state index contributed by atoms with van der Waals surface area (Å²) in [4.78, 5) is 16.4. The molecule has 0 fully saturated rings. The SMILES string of the molecule is O=C(CSc1nc2ccccc2o1)Nc1ccc(-c2ccn[nH]2)cc1. The number of carbonyl (C=O) groups is 1. The second-order valence-electron chi connectivity index (χ2n) is 5.33. The predicted octanol–water partition coefficient (Wildman–Crippen LogP) is 3.95. The third kappa shape index (κ3) is 3.56. The highest BCUT2D eigenvalue weighted by Crippen LogP contribution is 2.23. The van der Waals surface area contributed by atoms with E-state index in [4.69, 9.17) is 4.42 Å². The van der Waals surface area contributed by atoms with Gasteiger partial charge in [0.2, 0.25) is 5.91 Å². The number of thioether (sulfide) groups is 1. The van der Waals surface area contributed by atoms with Crippen LogP contribution in [0.5, 0.6) is 0 Å². The molecule has 1 amide bonds. The first kappa shape index (κ1) is 15.5. The van der Waals surface area contributed by atoms with Crippen LogP contribution in [-0.4, -0.2) is 26.8 Å². The molecular formula is C18H14N4O2S. The third-order valence-corrected chi connectivity index (χ3v) is 4.41. The van der Waals surface area contributed by atoms with Crippen molar-refractivity contribution < 1.29 is 9.21 Å². The summed E-state index contributed by atoms with van der Waals surface area (Å²) in [5.74, 6) is 0.122. The lowest BCUT2D eigenvalue weighted by molar-refractivity contribution is -0.113. The molecule has 0 unspecified atom stereocenters. The van der Waals surface area contributed by atoms with Crippen LogP contribution in [0.25, 0.3) is 22.4 Å². The number of nitrogens with zero attached hydrogens (tertiary/aromatic N) is 2. The van der Waals surface area contributed by atoms with Crippen LogP contribution in [0.4, 0.5) is 5.69 Å². The molecule has 0 aliphatic carbocycles. The zero-order valence-electron chi connectivity index (χ0n) is 13.1. The first-order valence-corrected chi connectivity index (χ1v) is 8.64. The molecule has 4 aromatic rings. The number of fused-ring (bicyclic) bond motifs is 1. The Morgan fingerprint density at radius 2 is 1.96 bits per heavy atom. The summed E-state index contributed by atoms with van der Waals surface area (Å²) in [6.45, 7) is 0. The van der Waals surface area contributed by atoms with Crippen molar-refractivity contribution in [3.63, 3.8) is 0 Å². The molecule has 0 saturated carbocycles. The van der Waals surface area contributed by atoms with Crippen LogP contribution in [-0.2, 0) is 4.79 Å². The number of H-pyrrole nitrogens is 1. The van der Waals surface area contributed by atoms with E-state index < -0.39 is 0 Å². The lowest BCUT2D eigenvalue weighted by Crippen LogP contribution is -2.13. The molecule has 7 heteroatoms. The number of anilines is 1. The Balaban J connectivity index is 1.35. The van der Waals surface area contributed by atoms with E-state index in [9.17, 15) is 4.79 Å². The fourth-order valence-corrected chi connectivity index (χ4v) is 3.03. The van der Waals surface area contributed by atoms with Crippen LogP contribution in [0.3, 0.4) is 0 Å². The van der Waals surface area contributed by atoms with E-state index in [-0.39, 0.29) is 11.7 Å². The molecule has 0 spiro atoms. The van der Waals surface area contributed by atoms with Gasteiger partial charge in [-0.1, -0.05) is 36.0 Å². The van der Waals surface area contributed by atoms with Gasteiger partial charge >= 0.3 is 0 Å². The minimum atomic E-state index is -0.110. The van der Waals surface area contributed by atoms with Gasteiger partial charge in [0.25, 0.3) is 5.22 Å². The highest BCUT2D eigenvalue weighted by molar-refractivity contribution is 7.99. The molecule has 4 rings (SSSR count). The first-order chi connectivity index (χ1) is 12.3. The van der Waals surface area contributed by atoms with Gasteiger partial charge in [-0.15, -0.1) is 0 Å². The Morgan fingerprint density at radius 1 is 1.12 bits per heavy atom. The Kier molecular flexibility index (Phi) is 4.22. The zero-order valence-corrected chi connectivity index (χ0v) is 13.9. The first-order valence-electron chi connectivity index (χ1n) is 7.66. The van der Waals surface area contributed by atoms with E-state index in [0.717, 1.165) is 28.0 Å². The Hall–Kier alpha value is -3.06. The van der Waals surface area contributed by atoms with Crippen molar-refractivity contribution >= 4 is 34.5 Å². The summed E-state index contributed by atoms with van der Waals surface area (Å²) in [5, 5.41) is 10.2. The summed E-state index contributed by atoms with van der Waals surface area (Å²) in [7, 11) is 0. The molecule has 0 bridgehead atoms. The van der Waals surface area contributed by atoms with Gasteiger partial charge in [0.05, 0.1) is 11.4 Å². The van der Waals surface area contributed by atoms with Crippen LogP contribution >= 0.6 is 11.8 Å². The van der Waals surface area contributed by atoms with Crippen molar-refractivity contribution in [1.82, 2.24) is 15.2 Å². The van der Waals surface area contributed by atoms with Crippen molar-refractivity contribution in [3.8, 4) is 11.3 Å². The van der Waals surface area contributed by atoms with Crippen LogP contribution in [0.15, 0.2) is 70.4 Å². The molecule has 2 N–H and O–H groups in total. The largest absolute Gasteiger partial charge is 0.431 e. The van der Waals surface area contributed by atoms with Crippen molar-refractivity contribution in [3.05, 3.63) is 60.8 Å². The van der Waals surface area contributed by atoms with Gasteiger partial charge in [-0.25, -0.2) is 4.98 Å². The Labute approximate surface area is 147 Å². The van der Waals surface area contributed by atoms with Gasteiger partial charge < -0.3 is 9.73 Å². The number of oxazole rings is 1. The maximum Gasteiger partial charge on any atom is 0.257 e. The van der Waals surface area contributed by atoms with Crippen molar-refractivity contribution in [1.29, 1.82) is 0 Å². The number of aromatic amines is 1. The molecule has 0 aliphatic rings. The van der Waals surface area contributed by atoms with Gasteiger partial charge in [0.15, 0.2) is 5.58 Å². The van der Waals surface area contributed by atoms with Crippen molar-refractivity contribution in [2.24, 2.45) is 0 Å². The summed E-state index contributed by atoms with van der Waals surface area (Å²) in [6, 6.07) is 17.0. The topological polar surface area (TPSA) is 83.8 Å². The highest BCUT2D eigenvalue weighted by atomic mass is 32.2. The molecule has 0 aliphatic heterocycles. The monoisotopic (exact) mass is 350 g/mol. The molecule has 0 atom stereocenters. The molecule has 2 aromatic carbocycles. The summed E-state index contributed by atoms with van der Waals surface area (Å²) in [6.07, 6.45) is 1.70. The minimum Gasteiger partial charge on any atom is -0.431 e. The number of amides is 1. The summed E-state index contributed by atoms with van der Waals surface area (Å²) in [5.41, 5.74) is 4.20. The smallest absolute Gasteiger partial charge is 0.257 e. The van der Waals surface area contributed by atoms with Gasteiger partial charge in [0, 0.05) is 11.9 Å². The molecule has 0 radical (unpaired) electrons. The second-order valence-corrected chi connectivity index (χ2v) is 6.26. The zero-order chi connectivity index (χ0) is 17.1. The molecule has 25 heavy (non-hydrogen) atoms. The Morgan fingerprint density at radius 3 is 2.72 bits per heavy atom. The van der Waals surface area contributed by atoms with Gasteiger partial charge in [-0.05, 0) is 35.9 Å². The molecule has 0 saturated heterocycles. The average Bonchev–Trinajstić information content (AvgIpc) is 3.30. The number of hydrogen-bond acceptors (Lipinski definition) is 5. The minimum absolute atomic E-state index is 0.110. The lowest BCUT2D eigenvalue weighted by Gasteiger charge is -2.05. The maximum absolute atomic E-state index is 12.1. The molecular weight excluding hydrogens is 336 g/mol. The predicted molar refractivity (Wildman–Crippen MR) is 97.4 cm³/mol. The van der Waals surface area contributed by atoms with E-state index in [2.05, 4.69) is 20.5 Å². The number of aromatic nitrogens is 3. The van der Waals surface area contributed by atoms with E-state index >= 15 is 0 Å². The number of para-hydroxylation sites is 2. The van der Waals surface area contributed by atoms with Crippen LogP contribution in [0.1, 0.15) is 0 Å². The van der Waals surface area contributed by atoms with Crippen LogP contribution in [0, 0.1) is 0 Å². The average molecular weight is 350 g/mol. The second kappa shape index (κ2) is 6.82. The fraction of sp³-hybridized carbons (Fsp3) is 0.0556. The van der Waals surface area contributed by atoms with E-state index in [1.54, 1.807) is 6.20 Å². The number of benzene rings is 2. The van der Waals surface area contributed by atoms with Crippen molar-refractivity contribution in [2.75, 3.05) is 11.1 Å². The summed E-state index contributed by atoms with van der Waals surface area (Å²) < 4.78 is 5.59. The van der Waals surface area contributed by atoms with Crippen LogP contribution < -0.4 is 5.32 Å². The fourth-order valence-electron chi connectivity index (χ4n) is 2.39. The Bertz CT molecular complexity index is 961. The normalized spacial score (nSPS) is 10.9. The van der Waals surface area contributed by atoms with Gasteiger partial charge in [0.1, 0.15) is 5.52 Å². The van der Waals surface area contributed by atoms with Crippen molar-refractivity contribution in [2.45, 2.75) is 5.22 Å². The number of nitrogens with one attached hydrogen (secondary N) is 2. The van der Waals surface area contributed by atoms with E-state index in [1.807, 2.05) is 54.6 Å². The van der Waals surface area contributed by atoms with E-state index in [0.29, 0.717) is 5.22 Å². The quantitative estimate of drug-likeness (QED) is 0.533.